The molecule has 0 aliphatic carbocycles. The van der Waals surface area contributed by atoms with Crippen LogP contribution in [0, 0.1) is 0 Å². The number of anilines is 1. The molecule has 2 nitrogen and oxygen atoms in total. The number of aliphatic imine (C=N–C) groups is 1. The highest BCUT2D eigenvalue weighted by Crippen LogP contribution is 2.42. The third kappa shape index (κ3) is 2.25. The first-order valence-corrected chi connectivity index (χ1v) is 7.43. The second-order valence-corrected chi connectivity index (χ2v) is 6.74. The van der Waals surface area contributed by atoms with Crippen LogP contribution < -0.4 is 5.32 Å². The van der Waals surface area contributed by atoms with Crippen LogP contribution in [0.1, 0.15) is 38.8 Å². The van der Waals surface area contributed by atoms with Crippen LogP contribution in [0.15, 0.2) is 53.5 Å². The van der Waals surface area contributed by atoms with Crippen LogP contribution in [-0.2, 0) is 5.41 Å². The van der Waals surface area contributed by atoms with Crippen LogP contribution in [0.25, 0.3) is 0 Å². The van der Waals surface area contributed by atoms with Crippen LogP contribution >= 0.6 is 0 Å². The van der Waals surface area contributed by atoms with E-state index in [1.165, 1.54) is 5.56 Å². The summed E-state index contributed by atoms with van der Waals surface area (Å²) in [6.07, 6.45) is 1.96. The third-order valence-corrected chi connectivity index (χ3v) is 4.89. The molecule has 0 amide bonds. The number of nitrogens with zero attached hydrogens (tertiary/aromatic N) is 1. The van der Waals surface area contributed by atoms with Gasteiger partial charge in [-0.25, -0.2) is 0 Å². The zero-order chi connectivity index (χ0) is 15.1. The summed E-state index contributed by atoms with van der Waals surface area (Å²) >= 11 is 0. The molecule has 0 atom stereocenters. The molecular weight excluding hydrogens is 256 g/mol. The zero-order valence-electron chi connectivity index (χ0n) is 13.1. The van der Waals surface area contributed by atoms with E-state index >= 15 is 0 Å². The number of hydrogen-bond donors (Lipinski definition) is 1. The molecule has 0 saturated heterocycles. The molecule has 0 spiro atoms. The lowest BCUT2D eigenvalue weighted by Crippen LogP contribution is -2.49. The minimum atomic E-state index is -0.104. The Morgan fingerprint density at radius 2 is 1.52 bits per heavy atom. The number of nitrogens with one attached hydrogen (secondary N) is 1. The van der Waals surface area contributed by atoms with Gasteiger partial charge in [-0.2, -0.15) is 0 Å². The van der Waals surface area contributed by atoms with E-state index in [9.17, 15) is 0 Å². The van der Waals surface area contributed by atoms with E-state index in [1.54, 1.807) is 0 Å². The van der Waals surface area contributed by atoms with Crippen molar-refractivity contribution in [3.63, 3.8) is 0 Å². The molecule has 2 heteroatoms. The van der Waals surface area contributed by atoms with Gasteiger partial charge in [-0.1, -0.05) is 50.2 Å². The molecule has 1 N–H and O–H groups in total. The molecule has 3 rings (SSSR count). The lowest BCUT2D eigenvalue weighted by molar-refractivity contribution is 0.335. The lowest BCUT2D eigenvalue weighted by atomic mass is 9.69. The van der Waals surface area contributed by atoms with Crippen molar-refractivity contribution in [1.29, 1.82) is 0 Å². The molecule has 0 fully saturated rings. The first-order chi connectivity index (χ1) is 9.92. The standard InChI is InChI=1S/C19H22N2/c1-18(2)15-10-6-8-12-17(15)20-13-14-9-5-7-11-16(14)21-19(18,3)4/h5-13,21H,1-4H3. The topological polar surface area (TPSA) is 24.4 Å². The van der Waals surface area contributed by atoms with Crippen molar-refractivity contribution >= 4 is 17.6 Å². The third-order valence-electron chi connectivity index (χ3n) is 4.89. The van der Waals surface area contributed by atoms with E-state index in [0.29, 0.717) is 0 Å². The van der Waals surface area contributed by atoms with Crippen LogP contribution in [0.3, 0.4) is 0 Å². The normalized spacial score (nSPS) is 18.5. The largest absolute Gasteiger partial charge is 0.379 e. The quantitative estimate of drug-likeness (QED) is 0.727. The van der Waals surface area contributed by atoms with Gasteiger partial charge in [0.25, 0.3) is 0 Å². The predicted molar refractivity (Wildman–Crippen MR) is 90.9 cm³/mol. The summed E-state index contributed by atoms with van der Waals surface area (Å²) in [5.41, 5.74) is 4.41. The van der Waals surface area contributed by atoms with Gasteiger partial charge in [0.2, 0.25) is 0 Å². The summed E-state index contributed by atoms with van der Waals surface area (Å²) in [5, 5.41) is 3.72. The summed E-state index contributed by atoms with van der Waals surface area (Å²) in [4.78, 5) is 4.74. The maximum Gasteiger partial charge on any atom is 0.0668 e. The van der Waals surface area contributed by atoms with E-state index in [0.717, 1.165) is 16.9 Å². The second-order valence-electron chi connectivity index (χ2n) is 6.74. The summed E-state index contributed by atoms with van der Waals surface area (Å²) in [6.45, 7) is 9.07. The molecule has 2 aromatic rings. The Labute approximate surface area is 126 Å². The maximum atomic E-state index is 4.74. The summed E-state index contributed by atoms with van der Waals surface area (Å²) in [7, 11) is 0. The van der Waals surface area contributed by atoms with Crippen LogP contribution in [0.4, 0.5) is 11.4 Å². The molecule has 0 bridgehead atoms. The monoisotopic (exact) mass is 278 g/mol. The molecule has 21 heavy (non-hydrogen) atoms. The van der Waals surface area contributed by atoms with Gasteiger partial charge in [-0.15, -0.1) is 0 Å². The van der Waals surface area contributed by atoms with Gasteiger partial charge in [-0.3, -0.25) is 4.99 Å². The van der Waals surface area contributed by atoms with Gasteiger partial charge in [0, 0.05) is 28.4 Å². The fraction of sp³-hybridized carbons (Fsp3) is 0.316. The highest BCUT2D eigenvalue weighted by Gasteiger charge is 2.40. The number of para-hydroxylation sites is 2. The number of rotatable bonds is 0. The Balaban J connectivity index is 2.27. The van der Waals surface area contributed by atoms with Crippen LogP contribution in [-0.4, -0.2) is 11.8 Å². The van der Waals surface area contributed by atoms with E-state index in [4.69, 9.17) is 4.99 Å². The summed E-state index contributed by atoms with van der Waals surface area (Å²) < 4.78 is 0. The first-order valence-electron chi connectivity index (χ1n) is 7.43. The van der Waals surface area contributed by atoms with E-state index in [-0.39, 0.29) is 11.0 Å². The van der Waals surface area contributed by atoms with Crippen LogP contribution in [0.2, 0.25) is 0 Å². The Morgan fingerprint density at radius 1 is 0.857 bits per heavy atom. The van der Waals surface area contributed by atoms with Gasteiger partial charge < -0.3 is 5.32 Å². The SMILES string of the molecule is CC1(C)Nc2ccccc2C=Nc2ccccc2C1(C)C. The van der Waals surface area contributed by atoms with Gasteiger partial charge in [0.1, 0.15) is 0 Å². The summed E-state index contributed by atoms with van der Waals surface area (Å²) in [5.74, 6) is 0. The second kappa shape index (κ2) is 4.73. The Kier molecular flexibility index (Phi) is 3.12. The Hall–Kier alpha value is -2.09. The van der Waals surface area contributed by atoms with E-state index in [2.05, 4.69) is 81.5 Å². The smallest absolute Gasteiger partial charge is 0.0668 e. The van der Waals surface area contributed by atoms with Gasteiger partial charge in [0.15, 0.2) is 0 Å². The molecular formula is C19H22N2. The Bertz CT molecular complexity index is 696. The fourth-order valence-electron chi connectivity index (χ4n) is 2.81. The Morgan fingerprint density at radius 3 is 2.33 bits per heavy atom. The zero-order valence-corrected chi connectivity index (χ0v) is 13.1. The van der Waals surface area contributed by atoms with Crippen molar-refractivity contribution < 1.29 is 0 Å². The number of fused-ring (bicyclic) bond motifs is 2. The number of hydrogen-bond acceptors (Lipinski definition) is 2. The molecule has 0 saturated carbocycles. The molecule has 1 aliphatic rings. The number of benzene rings is 2. The van der Waals surface area contributed by atoms with Crippen molar-refractivity contribution in [1.82, 2.24) is 0 Å². The molecule has 0 aromatic heterocycles. The van der Waals surface area contributed by atoms with Crippen molar-refractivity contribution in [2.45, 2.75) is 38.6 Å². The van der Waals surface area contributed by atoms with Gasteiger partial charge >= 0.3 is 0 Å². The van der Waals surface area contributed by atoms with E-state index < -0.39 is 0 Å². The highest BCUT2D eigenvalue weighted by molar-refractivity contribution is 5.90. The van der Waals surface area contributed by atoms with Crippen molar-refractivity contribution in [3.8, 4) is 0 Å². The van der Waals surface area contributed by atoms with Gasteiger partial charge in [-0.05, 0) is 31.5 Å². The average Bonchev–Trinajstić information content (AvgIpc) is 2.48. The molecule has 1 heterocycles. The molecule has 0 unspecified atom stereocenters. The first kappa shape index (κ1) is 13.9. The highest BCUT2D eigenvalue weighted by atomic mass is 15.0. The molecule has 108 valence electrons. The predicted octanol–water partition coefficient (Wildman–Crippen LogP) is 4.92. The van der Waals surface area contributed by atoms with Crippen molar-refractivity contribution in [2.24, 2.45) is 4.99 Å². The minimum Gasteiger partial charge on any atom is -0.379 e. The van der Waals surface area contributed by atoms with Gasteiger partial charge in [0.05, 0.1) is 5.69 Å². The molecule has 1 aliphatic heterocycles. The summed E-state index contributed by atoms with van der Waals surface area (Å²) in [6, 6.07) is 16.8. The molecule has 0 radical (unpaired) electrons. The van der Waals surface area contributed by atoms with Crippen LogP contribution in [0.5, 0.6) is 0 Å². The minimum absolute atomic E-state index is 0.0572. The van der Waals surface area contributed by atoms with Crippen molar-refractivity contribution in [2.75, 3.05) is 5.32 Å². The lowest BCUT2D eigenvalue weighted by Gasteiger charge is -2.43. The molecule has 2 aromatic carbocycles. The average molecular weight is 278 g/mol. The fourth-order valence-corrected chi connectivity index (χ4v) is 2.81. The van der Waals surface area contributed by atoms with E-state index in [1.807, 2.05) is 6.21 Å². The maximum absolute atomic E-state index is 4.74. The van der Waals surface area contributed by atoms with Crippen molar-refractivity contribution in [3.05, 3.63) is 59.7 Å².